The van der Waals surface area contributed by atoms with Crippen LogP contribution in [-0.2, 0) is 19.4 Å². The van der Waals surface area contributed by atoms with Crippen LogP contribution in [0.25, 0.3) is 0 Å². The summed E-state index contributed by atoms with van der Waals surface area (Å²) in [6.07, 6.45) is 0. The second-order valence-electron chi connectivity index (χ2n) is 3.37. The molecule has 1 rings (SSSR count). The van der Waals surface area contributed by atoms with Gasteiger partial charge in [-0.05, 0) is 26.0 Å². The molecule has 0 fully saturated rings. The molecule has 0 bridgehead atoms. The molecule has 1 atom stereocenters. The Morgan fingerprint density at radius 1 is 1.41 bits per heavy atom. The van der Waals surface area contributed by atoms with Crippen LogP contribution in [0.4, 0.5) is 4.39 Å². The number of ether oxygens (including phenoxy) is 1. The predicted molar refractivity (Wildman–Crippen MR) is 59.7 cm³/mol. The summed E-state index contributed by atoms with van der Waals surface area (Å²) in [6, 6.07) is 4.93. The van der Waals surface area contributed by atoms with Gasteiger partial charge in [-0.2, -0.15) is 0 Å². The van der Waals surface area contributed by atoms with Crippen LogP contribution < -0.4 is 0 Å². The molecular formula is C11H13FO4S. The van der Waals surface area contributed by atoms with Crippen molar-refractivity contribution < 1.29 is 22.3 Å². The van der Waals surface area contributed by atoms with Gasteiger partial charge in [-0.3, -0.25) is 4.79 Å². The van der Waals surface area contributed by atoms with Gasteiger partial charge in [0.2, 0.25) is 0 Å². The predicted octanol–water partition coefficient (Wildman–Crippen LogP) is 1.55. The van der Waals surface area contributed by atoms with E-state index < -0.39 is 31.8 Å². The minimum Gasteiger partial charge on any atom is -0.465 e. The number of rotatable bonds is 4. The highest BCUT2D eigenvalue weighted by Gasteiger charge is 2.32. The summed E-state index contributed by atoms with van der Waals surface area (Å²) in [7, 11) is -4.04. The normalized spacial score (nSPS) is 13.1. The maximum Gasteiger partial charge on any atom is 0.324 e. The maximum absolute atomic E-state index is 13.4. The number of carbonyl (C=O) groups is 1. The zero-order valence-corrected chi connectivity index (χ0v) is 10.3. The molecule has 4 nitrogen and oxygen atoms in total. The van der Waals surface area contributed by atoms with Gasteiger partial charge in [0.25, 0.3) is 0 Å². The molecule has 0 radical (unpaired) electrons. The summed E-state index contributed by atoms with van der Waals surface area (Å²) in [5, 5.41) is -1.42. The molecule has 94 valence electrons. The zero-order valence-electron chi connectivity index (χ0n) is 9.51. The minimum atomic E-state index is -4.04. The first-order valence-electron chi connectivity index (χ1n) is 5.06. The van der Waals surface area contributed by atoms with E-state index >= 15 is 0 Å². The average molecular weight is 260 g/mol. The van der Waals surface area contributed by atoms with Crippen molar-refractivity contribution in [2.45, 2.75) is 24.0 Å². The Hall–Kier alpha value is -1.43. The van der Waals surface area contributed by atoms with Crippen LogP contribution in [0.5, 0.6) is 0 Å². The lowest BCUT2D eigenvalue weighted by atomic mass is 10.3. The zero-order chi connectivity index (χ0) is 13.1. The van der Waals surface area contributed by atoms with Gasteiger partial charge in [0.05, 0.1) is 6.61 Å². The molecule has 0 heterocycles. The molecule has 0 amide bonds. The summed E-state index contributed by atoms with van der Waals surface area (Å²) in [6.45, 7) is 2.83. The van der Waals surface area contributed by atoms with Gasteiger partial charge < -0.3 is 4.74 Å². The van der Waals surface area contributed by atoms with Crippen molar-refractivity contribution in [3.8, 4) is 0 Å². The lowest BCUT2D eigenvalue weighted by molar-refractivity contribution is -0.142. The summed E-state index contributed by atoms with van der Waals surface area (Å²) >= 11 is 0. The van der Waals surface area contributed by atoms with E-state index in [1.807, 2.05) is 0 Å². The molecule has 0 aliphatic rings. The molecule has 0 aliphatic carbocycles. The quantitative estimate of drug-likeness (QED) is 0.771. The molecule has 0 saturated heterocycles. The van der Waals surface area contributed by atoms with Crippen LogP contribution in [0.2, 0.25) is 0 Å². The summed E-state index contributed by atoms with van der Waals surface area (Å²) < 4.78 is 41.8. The number of esters is 1. The second kappa shape index (κ2) is 5.27. The number of carbonyl (C=O) groups excluding carboxylic acids is 1. The van der Waals surface area contributed by atoms with Crippen molar-refractivity contribution in [3.05, 3.63) is 30.1 Å². The Labute approximate surface area is 99.3 Å². The number of halogens is 1. The van der Waals surface area contributed by atoms with Crippen LogP contribution in [-0.4, -0.2) is 26.2 Å². The lowest BCUT2D eigenvalue weighted by Crippen LogP contribution is -2.29. The topological polar surface area (TPSA) is 60.4 Å². The highest BCUT2D eigenvalue weighted by Crippen LogP contribution is 2.19. The van der Waals surface area contributed by atoms with Crippen molar-refractivity contribution in [2.24, 2.45) is 0 Å². The maximum atomic E-state index is 13.4. The molecule has 6 heteroatoms. The van der Waals surface area contributed by atoms with E-state index in [9.17, 15) is 17.6 Å². The molecular weight excluding hydrogens is 247 g/mol. The highest BCUT2D eigenvalue weighted by atomic mass is 32.2. The summed E-state index contributed by atoms with van der Waals surface area (Å²) in [4.78, 5) is 10.9. The fraction of sp³-hybridized carbons (Fsp3) is 0.364. The highest BCUT2D eigenvalue weighted by molar-refractivity contribution is 7.92. The SMILES string of the molecule is CCOC(=O)C(C)S(=O)(=O)c1ccccc1F. The van der Waals surface area contributed by atoms with Gasteiger partial charge in [-0.25, -0.2) is 12.8 Å². The molecule has 0 aliphatic heterocycles. The van der Waals surface area contributed by atoms with Crippen LogP contribution >= 0.6 is 0 Å². The van der Waals surface area contributed by atoms with Crippen molar-refractivity contribution in [1.29, 1.82) is 0 Å². The van der Waals surface area contributed by atoms with Crippen LogP contribution in [0.1, 0.15) is 13.8 Å². The minimum absolute atomic E-state index is 0.0793. The molecule has 1 aromatic carbocycles. The van der Waals surface area contributed by atoms with Gasteiger partial charge in [-0.15, -0.1) is 0 Å². The first-order chi connectivity index (χ1) is 7.91. The second-order valence-corrected chi connectivity index (χ2v) is 5.61. The third-order valence-electron chi connectivity index (χ3n) is 2.23. The Bertz CT molecular complexity index is 510. The van der Waals surface area contributed by atoms with Crippen LogP contribution in [0.3, 0.4) is 0 Å². The van der Waals surface area contributed by atoms with E-state index in [0.29, 0.717) is 0 Å². The van der Waals surface area contributed by atoms with Crippen LogP contribution in [0.15, 0.2) is 29.2 Å². The van der Waals surface area contributed by atoms with Crippen molar-refractivity contribution in [2.75, 3.05) is 6.61 Å². The van der Waals surface area contributed by atoms with Gasteiger partial charge in [0, 0.05) is 0 Å². The number of hydrogen-bond donors (Lipinski definition) is 0. The van der Waals surface area contributed by atoms with E-state index in [-0.39, 0.29) is 6.61 Å². The van der Waals surface area contributed by atoms with E-state index in [1.54, 1.807) is 6.92 Å². The third-order valence-corrected chi connectivity index (χ3v) is 4.29. The number of benzene rings is 1. The molecule has 1 unspecified atom stereocenters. The molecule has 0 aromatic heterocycles. The molecule has 0 N–H and O–H groups in total. The van der Waals surface area contributed by atoms with Crippen molar-refractivity contribution in [1.82, 2.24) is 0 Å². The third kappa shape index (κ3) is 2.82. The van der Waals surface area contributed by atoms with Crippen LogP contribution in [0, 0.1) is 5.82 Å². The fourth-order valence-electron chi connectivity index (χ4n) is 1.25. The lowest BCUT2D eigenvalue weighted by Gasteiger charge is -2.12. The molecule has 1 aromatic rings. The number of sulfone groups is 1. The van der Waals surface area contributed by atoms with Gasteiger partial charge >= 0.3 is 5.97 Å². The Kier molecular flexibility index (Phi) is 4.22. The monoisotopic (exact) mass is 260 g/mol. The first kappa shape index (κ1) is 13.6. The summed E-state index contributed by atoms with van der Waals surface area (Å²) in [5.74, 6) is -1.75. The van der Waals surface area contributed by atoms with E-state index in [1.165, 1.54) is 19.1 Å². The smallest absolute Gasteiger partial charge is 0.324 e. The Morgan fingerprint density at radius 3 is 2.53 bits per heavy atom. The summed E-state index contributed by atoms with van der Waals surface area (Å²) in [5.41, 5.74) is 0. The van der Waals surface area contributed by atoms with Crippen molar-refractivity contribution >= 4 is 15.8 Å². The van der Waals surface area contributed by atoms with E-state index in [4.69, 9.17) is 0 Å². The molecule has 0 saturated carbocycles. The molecule has 17 heavy (non-hydrogen) atoms. The molecule has 0 spiro atoms. The van der Waals surface area contributed by atoms with Gasteiger partial charge in [0.15, 0.2) is 15.1 Å². The standard InChI is InChI=1S/C11H13FO4S/c1-3-16-11(13)8(2)17(14,15)10-7-5-4-6-9(10)12/h4-8H,3H2,1-2H3. The average Bonchev–Trinajstić information content (AvgIpc) is 2.28. The Balaban J connectivity index is 3.12. The van der Waals surface area contributed by atoms with E-state index in [2.05, 4.69) is 4.74 Å². The largest absolute Gasteiger partial charge is 0.465 e. The number of hydrogen-bond acceptors (Lipinski definition) is 4. The fourth-order valence-corrected chi connectivity index (χ4v) is 2.56. The van der Waals surface area contributed by atoms with E-state index in [0.717, 1.165) is 12.1 Å². The first-order valence-corrected chi connectivity index (χ1v) is 6.61. The van der Waals surface area contributed by atoms with Crippen molar-refractivity contribution in [3.63, 3.8) is 0 Å². The Morgan fingerprint density at radius 2 is 2.00 bits per heavy atom. The van der Waals surface area contributed by atoms with Gasteiger partial charge in [-0.1, -0.05) is 12.1 Å². The van der Waals surface area contributed by atoms with Gasteiger partial charge in [0.1, 0.15) is 10.7 Å².